The molecule has 1 aliphatic heterocycles. The molecule has 1 heterocycles. The van der Waals surface area contributed by atoms with E-state index < -0.39 is 5.91 Å². The maximum Gasteiger partial charge on any atom is 0.276 e. The number of ether oxygens (including phenoxy) is 2. The molecule has 0 bridgehead atoms. The average Bonchev–Trinajstić information content (AvgIpc) is 2.48. The molecule has 1 saturated heterocycles. The highest BCUT2D eigenvalue weighted by Gasteiger charge is 2.15. The van der Waals surface area contributed by atoms with Crippen molar-refractivity contribution in [3.05, 3.63) is 18.2 Å². The number of nitrogens with zero attached hydrogens (tertiary/aromatic N) is 1. The second-order valence-corrected chi connectivity index (χ2v) is 4.71. The van der Waals surface area contributed by atoms with Crippen LogP contribution in [0.5, 0.6) is 5.75 Å². The second kappa shape index (κ2) is 6.53. The fourth-order valence-corrected chi connectivity index (χ4v) is 2.11. The number of primary amides is 1. The molecular weight excluding hydrogens is 278 g/mol. The third-order valence-electron chi connectivity index (χ3n) is 3.03. The Morgan fingerprint density at radius 2 is 2.15 bits per heavy atom. The summed E-state index contributed by atoms with van der Waals surface area (Å²) in [6, 6.07) is 5.68. The number of hydrogen-bond donors (Lipinski definition) is 2. The average molecular weight is 295 g/mol. The number of methoxy groups -OCH3 is 1. The molecule has 0 unspecified atom stereocenters. The lowest BCUT2D eigenvalue weighted by atomic mass is 10.2. The molecule has 0 radical (unpaired) electrons. The van der Waals surface area contributed by atoms with Gasteiger partial charge in [-0.2, -0.15) is 0 Å². The van der Waals surface area contributed by atoms with Crippen molar-refractivity contribution in [3.63, 3.8) is 0 Å². The molecule has 20 heavy (non-hydrogen) atoms. The van der Waals surface area contributed by atoms with Crippen LogP contribution in [-0.2, 0) is 9.53 Å². The summed E-state index contributed by atoms with van der Waals surface area (Å²) < 4.78 is 10.6. The molecule has 0 atom stereocenters. The number of amides is 1. The summed E-state index contributed by atoms with van der Waals surface area (Å²) in [6.45, 7) is 3.06. The SMILES string of the molecule is COc1ccc(N2CCOCC2)cc1NC(=S)C(N)=O. The van der Waals surface area contributed by atoms with E-state index in [1.165, 1.54) is 0 Å². The van der Waals surface area contributed by atoms with Gasteiger partial charge in [0.25, 0.3) is 5.91 Å². The predicted octanol–water partition coefficient (Wildman–Crippen LogP) is 0.756. The molecule has 0 aliphatic carbocycles. The largest absolute Gasteiger partial charge is 0.495 e. The van der Waals surface area contributed by atoms with Gasteiger partial charge in [0.2, 0.25) is 0 Å². The van der Waals surface area contributed by atoms with Crippen LogP contribution in [0.25, 0.3) is 0 Å². The van der Waals surface area contributed by atoms with Gasteiger partial charge in [-0.15, -0.1) is 0 Å². The summed E-state index contributed by atoms with van der Waals surface area (Å²) in [6.07, 6.45) is 0. The number of anilines is 2. The Labute approximate surface area is 122 Å². The molecule has 1 aromatic carbocycles. The molecule has 108 valence electrons. The number of carbonyl (C=O) groups excluding carboxylic acids is 1. The van der Waals surface area contributed by atoms with E-state index in [0.29, 0.717) is 24.7 Å². The van der Waals surface area contributed by atoms with Crippen molar-refractivity contribution in [1.82, 2.24) is 0 Å². The first-order valence-corrected chi connectivity index (χ1v) is 6.64. The van der Waals surface area contributed by atoms with Crippen molar-refractivity contribution in [2.45, 2.75) is 0 Å². The predicted molar refractivity (Wildman–Crippen MR) is 81.4 cm³/mol. The third-order valence-corrected chi connectivity index (χ3v) is 3.33. The first-order valence-electron chi connectivity index (χ1n) is 6.23. The molecule has 1 aliphatic rings. The molecule has 7 heteroatoms. The van der Waals surface area contributed by atoms with Crippen LogP contribution in [0, 0.1) is 0 Å². The lowest BCUT2D eigenvalue weighted by Crippen LogP contribution is -2.36. The van der Waals surface area contributed by atoms with E-state index in [0.717, 1.165) is 18.8 Å². The number of morpholine rings is 1. The summed E-state index contributed by atoms with van der Waals surface area (Å²) in [7, 11) is 1.56. The van der Waals surface area contributed by atoms with Crippen LogP contribution in [0.4, 0.5) is 11.4 Å². The van der Waals surface area contributed by atoms with Gasteiger partial charge in [0.1, 0.15) is 5.75 Å². The van der Waals surface area contributed by atoms with Crippen molar-refractivity contribution >= 4 is 34.5 Å². The maximum atomic E-state index is 11.0. The van der Waals surface area contributed by atoms with Crippen LogP contribution in [0.1, 0.15) is 0 Å². The first-order chi connectivity index (χ1) is 9.61. The van der Waals surface area contributed by atoms with Crippen molar-refractivity contribution < 1.29 is 14.3 Å². The topological polar surface area (TPSA) is 76.8 Å². The molecule has 1 fully saturated rings. The van der Waals surface area contributed by atoms with Crippen LogP contribution in [0.15, 0.2) is 18.2 Å². The monoisotopic (exact) mass is 295 g/mol. The van der Waals surface area contributed by atoms with E-state index in [1.54, 1.807) is 7.11 Å². The highest BCUT2D eigenvalue weighted by Crippen LogP contribution is 2.30. The number of carbonyl (C=O) groups is 1. The molecule has 0 saturated carbocycles. The van der Waals surface area contributed by atoms with E-state index in [2.05, 4.69) is 10.2 Å². The molecule has 0 aromatic heterocycles. The fraction of sp³-hybridized carbons (Fsp3) is 0.385. The van der Waals surface area contributed by atoms with Crippen LogP contribution >= 0.6 is 12.2 Å². The Kier molecular flexibility index (Phi) is 4.75. The van der Waals surface area contributed by atoms with Crippen molar-refractivity contribution in [1.29, 1.82) is 0 Å². The summed E-state index contributed by atoms with van der Waals surface area (Å²) in [5, 5.41) is 2.81. The van der Waals surface area contributed by atoms with Crippen LogP contribution in [-0.4, -0.2) is 44.3 Å². The second-order valence-electron chi connectivity index (χ2n) is 4.30. The van der Waals surface area contributed by atoms with Gasteiger partial charge in [-0.05, 0) is 18.2 Å². The van der Waals surface area contributed by atoms with Gasteiger partial charge in [0, 0.05) is 18.8 Å². The Morgan fingerprint density at radius 3 is 2.75 bits per heavy atom. The summed E-state index contributed by atoms with van der Waals surface area (Å²) >= 11 is 4.89. The summed E-state index contributed by atoms with van der Waals surface area (Å²) in [5.41, 5.74) is 6.79. The van der Waals surface area contributed by atoms with E-state index in [9.17, 15) is 4.79 Å². The van der Waals surface area contributed by atoms with Crippen LogP contribution in [0.3, 0.4) is 0 Å². The Bertz CT molecular complexity index is 516. The smallest absolute Gasteiger partial charge is 0.276 e. The van der Waals surface area contributed by atoms with Crippen LogP contribution in [0.2, 0.25) is 0 Å². The molecule has 2 rings (SSSR count). The Hall–Kier alpha value is -1.86. The molecule has 1 aromatic rings. The van der Waals surface area contributed by atoms with Gasteiger partial charge in [0.05, 0.1) is 26.0 Å². The van der Waals surface area contributed by atoms with E-state index in [-0.39, 0.29) is 4.99 Å². The molecule has 3 N–H and O–H groups in total. The standard InChI is InChI=1S/C13H17N3O3S/c1-18-11-3-2-9(16-4-6-19-7-5-16)8-10(11)15-13(20)12(14)17/h2-3,8H,4-7H2,1H3,(H2,14,17)(H,15,20). The van der Waals surface area contributed by atoms with Gasteiger partial charge in [-0.1, -0.05) is 12.2 Å². The molecule has 6 nitrogen and oxygen atoms in total. The van der Waals surface area contributed by atoms with Crippen LogP contribution < -0.4 is 20.7 Å². The molecule has 1 amide bonds. The number of benzene rings is 1. The van der Waals surface area contributed by atoms with Gasteiger partial charge in [0.15, 0.2) is 4.99 Å². The number of nitrogens with two attached hydrogens (primary N) is 1. The Balaban J connectivity index is 2.23. The third kappa shape index (κ3) is 3.37. The number of rotatable bonds is 3. The Morgan fingerprint density at radius 1 is 1.45 bits per heavy atom. The number of thiocarbonyl (C=S) groups is 1. The lowest BCUT2D eigenvalue weighted by Gasteiger charge is -2.29. The molecule has 0 spiro atoms. The highest BCUT2D eigenvalue weighted by atomic mass is 32.1. The van der Waals surface area contributed by atoms with Crippen molar-refractivity contribution in [3.8, 4) is 5.75 Å². The minimum Gasteiger partial charge on any atom is -0.495 e. The lowest BCUT2D eigenvalue weighted by molar-refractivity contribution is -0.111. The maximum absolute atomic E-state index is 11.0. The van der Waals surface area contributed by atoms with Gasteiger partial charge in [-0.3, -0.25) is 4.79 Å². The first kappa shape index (κ1) is 14.5. The van der Waals surface area contributed by atoms with Gasteiger partial charge < -0.3 is 25.4 Å². The van der Waals surface area contributed by atoms with E-state index in [1.807, 2.05) is 18.2 Å². The van der Waals surface area contributed by atoms with Crippen molar-refractivity contribution in [2.24, 2.45) is 5.73 Å². The van der Waals surface area contributed by atoms with Gasteiger partial charge in [-0.25, -0.2) is 0 Å². The molecular formula is C13H17N3O3S. The zero-order valence-electron chi connectivity index (χ0n) is 11.2. The quantitative estimate of drug-likeness (QED) is 0.802. The minimum absolute atomic E-state index is 0.0394. The fourth-order valence-electron chi connectivity index (χ4n) is 2.00. The minimum atomic E-state index is -0.668. The number of hydrogen-bond acceptors (Lipinski definition) is 5. The zero-order chi connectivity index (χ0) is 14.5. The number of nitrogens with one attached hydrogen (secondary N) is 1. The zero-order valence-corrected chi connectivity index (χ0v) is 12.0. The summed E-state index contributed by atoms with van der Waals surface area (Å²) in [4.78, 5) is 13.2. The highest BCUT2D eigenvalue weighted by molar-refractivity contribution is 7.82. The van der Waals surface area contributed by atoms with E-state index in [4.69, 9.17) is 27.4 Å². The summed E-state index contributed by atoms with van der Waals surface area (Å²) in [5.74, 6) is -0.0653. The van der Waals surface area contributed by atoms with E-state index >= 15 is 0 Å². The normalized spacial score (nSPS) is 14.8. The van der Waals surface area contributed by atoms with Crippen molar-refractivity contribution in [2.75, 3.05) is 43.6 Å². The van der Waals surface area contributed by atoms with Gasteiger partial charge >= 0.3 is 0 Å².